The van der Waals surface area contributed by atoms with Crippen molar-refractivity contribution < 1.29 is 19.4 Å². The molecule has 1 amide bonds. The molecule has 3 aromatic rings. The minimum Gasteiger partial charge on any atom is -0.493 e. The van der Waals surface area contributed by atoms with Crippen molar-refractivity contribution >= 4 is 45.9 Å². The number of thioether (sulfide) groups is 1. The minimum absolute atomic E-state index is 0.0523. The van der Waals surface area contributed by atoms with Crippen LogP contribution in [0.3, 0.4) is 0 Å². The Balaban J connectivity index is 1.89. The van der Waals surface area contributed by atoms with E-state index < -0.39 is 11.4 Å². The number of hydrogen-bond acceptors (Lipinski definition) is 7. The van der Waals surface area contributed by atoms with Gasteiger partial charge in [-0.3, -0.25) is 14.2 Å². The normalized spacial score (nSPS) is 12.9. The maximum Gasteiger partial charge on any atom is 0.262 e. The van der Waals surface area contributed by atoms with Gasteiger partial charge < -0.3 is 19.9 Å². The van der Waals surface area contributed by atoms with Crippen LogP contribution in [0.15, 0.2) is 46.3 Å². The molecular formula is C22H24ClN3O5S. The number of nitrogens with zero attached hydrogens (tertiary/aromatic N) is 2. The summed E-state index contributed by atoms with van der Waals surface area (Å²) in [6.45, 7) is 3.35. The standard InChI is InChI=1S/C22H24ClN3O5S/c1-12(27)11-26-21(29)16-7-5-14(23)9-17(16)25-22(26)32-13(2)20(28)24-15-6-8-18(30-3)19(10-15)31-4/h5-10,12-13,27H,11H2,1-4H3,(H,24,28)/t12-,13-/m0/s1. The molecule has 0 bridgehead atoms. The molecule has 0 aliphatic rings. The summed E-state index contributed by atoms with van der Waals surface area (Å²) in [5, 5.41) is 13.3. The number of hydrogen-bond donors (Lipinski definition) is 2. The highest BCUT2D eigenvalue weighted by atomic mass is 35.5. The van der Waals surface area contributed by atoms with E-state index in [1.165, 1.54) is 18.8 Å². The van der Waals surface area contributed by atoms with Crippen LogP contribution in [-0.2, 0) is 11.3 Å². The molecule has 0 spiro atoms. The second-order valence-corrected chi connectivity index (χ2v) is 8.88. The number of aliphatic hydroxyl groups excluding tert-OH is 1. The van der Waals surface area contributed by atoms with Crippen molar-refractivity contribution in [3.05, 3.63) is 51.8 Å². The van der Waals surface area contributed by atoms with E-state index in [9.17, 15) is 14.7 Å². The van der Waals surface area contributed by atoms with Crippen LogP contribution in [-0.4, -0.2) is 46.1 Å². The summed E-state index contributed by atoms with van der Waals surface area (Å²) in [5.74, 6) is 0.754. The molecule has 1 aromatic heterocycles. The lowest BCUT2D eigenvalue weighted by atomic mass is 10.2. The van der Waals surface area contributed by atoms with E-state index in [-0.39, 0.29) is 18.0 Å². The summed E-state index contributed by atoms with van der Waals surface area (Å²) in [7, 11) is 3.05. The fraction of sp³-hybridized carbons (Fsp3) is 0.318. The maximum atomic E-state index is 13.0. The van der Waals surface area contributed by atoms with E-state index in [1.807, 2.05) is 0 Å². The Hall–Kier alpha value is -2.75. The molecule has 2 aromatic carbocycles. The number of halogens is 1. The van der Waals surface area contributed by atoms with Gasteiger partial charge in [0, 0.05) is 16.8 Å². The second kappa shape index (κ2) is 10.2. The molecule has 3 rings (SSSR count). The molecule has 8 nitrogen and oxygen atoms in total. The lowest BCUT2D eigenvalue weighted by molar-refractivity contribution is -0.115. The van der Waals surface area contributed by atoms with Crippen LogP contribution in [0.5, 0.6) is 11.5 Å². The Labute approximate surface area is 194 Å². The predicted molar refractivity (Wildman–Crippen MR) is 126 cm³/mol. The lowest BCUT2D eigenvalue weighted by Crippen LogP contribution is -2.29. The summed E-state index contributed by atoms with van der Waals surface area (Å²) in [5.41, 5.74) is 0.668. The van der Waals surface area contributed by atoms with Crippen LogP contribution in [0.4, 0.5) is 5.69 Å². The summed E-state index contributed by atoms with van der Waals surface area (Å²) in [4.78, 5) is 30.4. The fourth-order valence-electron chi connectivity index (χ4n) is 3.06. The number of amides is 1. The average Bonchev–Trinajstić information content (AvgIpc) is 2.75. The topological polar surface area (TPSA) is 103 Å². The molecule has 2 atom stereocenters. The third-order valence-electron chi connectivity index (χ3n) is 4.63. The summed E-state index contributed by atoms with van der Waals surface area (Å²) >= 11 is 7.18. The summed E-state index contributed by atoms with van der Waals surface area (Å²) < 4.78 is 11.9. The van der Waals surface area contributed by atoms with Gasteiger partial charge in [-0.1, -0.05) is 23.4 Å². The highest BCUT2D eigenvalue weighted by molar-refractivity contribution is 8.00. The Morgan fingerprint density at radius 2 is 1.91 bits per heavy atom. The van der Waals surface area contributed by atoms with E-state index in [0.717, 1.165) is 11.8 Å². The van der Waals surface area contributed by atoms with Gasteiger partial charge in [0.05, 0.1) is 43.0 Å². The molecule has 0 aliphatic carbocycles. The number of nitrogens with one attached hydrogen (secondary N) is 1. The van der Waals surface area contributed by atoms with Gasteiger partial charge in [0.2, 0.25) is 5.91 Å². The van der Waals surface area contributed by atoms with Crippen molar-refractivity contribution in [1.29, 1.82) is 0 Å². The molecule has 0 radical (unpaired) electrons. The monoisotopic (exact) mass is 477 g/mol. The maximum absolute atomic E-state index is 13.0. The number of aliphatic hydroxyl groups is 1. The number of fused-ring (bicyclic) bond motifs is 1. The number of aromatic nitrogens is 2. The van der Waals surface area contributed by atoms with Gasteiger partial charge in [0.1, 0.15) is 0 Å². The van der Waals surface area contributed by atoms with Crippen molar-refractivity contribution in [3.63, 3.8) is 0 Å². The van der Waals surface area contributed by atoms with Gasteiger partial charge in [0.15, 0.2) is 16.7 Å². The van der Waals surface area contributed by atoms with Crippen molar-refractivity contribution in [2.45, 2.75) is 36.9 Å². The zero-order valence-corrected chi connectivity index (χ0v) is 19.7. The Bertz CT molecular complexity index is 1200. The molecule has 0 aliphatic heterocycles. The van der Waals surface area contributed by atoms with Gasteiger partial charge >= 0.3 is 0 Å². The smallest absolute Gasteiger partial charge is 0.262 e. The highest BCUT2D eigenvalue weighted by Crippen LogP contribution is 2.30. The Morgan fingerprint density at radius 3 is 2.56 bits per heavy atom. The molecular weight excluding hydrogens is 454 g/mol. The van der Waals surface area contributed by atoms with Gasteiger partial charge in [-0.2, -0.15) is 0 Å². The molecule has 32 heavy (non-hydrogen) atoms. The average molecular weight is 478 g/mol. The Kier molecular flexibility index (Phi) is 7.65. The van der Waals surface area contributed by atoms with Crippen molar-refractivity contribution in [3.8, 4) is 11.5 Å². The van der Waals surface area contributed by atoms with Crippen LogP contribution >= 0.6 is 23.4 Å². The number of carbonyl (C=O) groups is 1. The molecule has 0 saturated carbocycles. The highest BCUT2D eigenvalue weighted by Gasteiger charge is 2.21. The number of anilines is 1. The van der Waals surface area contributed by atoms with Crippen molar-refractivity contribution in [1.82, 2.24) is 9.55 Å². The van der Waals surface area contributed by atoms with Crippen LogP contribution in [0.1, 0.15) is 13.8 Å². The number of ether oxygens (including phenoxy) is 2. The molecule has 0 saturated heterocycles. The van der Waals surface area contributed by atoms with Crippen LogP contribution in [0, 0.1) is 0 Å². The first-order chi connectivity index (χ1) is 15.2. The first-order valence-electron chi connectivity index (χ1n) is 9.81. The SMILES string of the molecule is COc1ccc(NC(=O)[C@H](C)Sc2nc3cc(Cl)ccc3c(=O)n2C[C@H](C)O)cc1OC. The molecule has 0 fully saturated rings. The largest absolute Gasteiger partial charge is 0.493 e. The summed E-state index contributed by atoms with van der Waals surface area (Å²) in [6.07, 6.45) is -0.769. The number of carbonyl (C=O) groups excluding carboxylic acids is 1. The first-order valence-corrected chi connectivity index (χ1v) is 11.1. The van der Waals surface area contributed by atoms with Gasteiger partial charge in [-0.05, 0) is 44.2 Å². The molecule has 1 heterocycles. The zero-order valence-electron chi connectivity index (χ0n) is 18.1. The number of rotatable bonds is 8. The van der Waals surface area contributed by atoms with E-state index in [0.29, 0.717) is 38.3 Å². The van der Waals surface area contributed by atoms with Crippen LogP contribution in [0.25, 0.3) is 10.9 Å². The van der Waals surface area contributed by atoms with E-state index in [1.54, 1.807) is 50.2 Å². The summed E-state index contributed by atoms with van der Waals surface area (Å²) in [6, 6.07) is 9.88. The third-order valence-corrected chi connectivity index (χ3v) is 5.96. The van der Waals surface area contributed by atoms with E-state index >= 15 is 0 Å². The van der Waals surface area contributed by atoms with E-state index in [4.69, 9.17) is 21.1 Å². The van der Waals surface area contributed by atoms with Crippen molar-refractivity contribution in [2.24, 2.45) is 0 Å². The van der Waals surface area contributed by atoms with E-state index in [2.05, 4.69) is 10.3 Å². The third kappa shape index (κ3) is 5.35. The quantitative estimate of drug-likeness (QED) is 0.377. The van der Waals surface area contributed by atoms with Crippen LogP contribution in [0.2, 0.25) is 5.02 Å². The van der Waals surface area contributed by atoms with Gasteiger partial charge in [-0.25, -0.2) is 4.98 Å². The predicted octanol–water partition coefficient (Wildman–Crippen LogP) is 3.57. The first kappa shape index (κ1) is 23.9. The van der Waals surface area contributed by atoms with Crippen molar-refractivity contribution in [2.75, 3.05) is 19.5 Å². The Morgan fingerprint density at radius 1 is 1.19 bits per heavy atom. The second-order valence-electron chi connectivity index (χ2n) is 7.14. The van der Waals surface area contributed by atoms with Gasteiger partial charge in [0.25, 0.3) is 5.56 Å². The molecule has 0 unspecified atom stereocenters. The molecule has 2 N–H and O–H groups in total. The number of methoxy groups -OCH3 is 2. The molecule has 10 heteroatoms. The lowest BCUT2D eigenvalue weighted by Gasteiger charge is -2.17. The molecule has 170 valence electrons. The minimum atomic E-state index is -0.769. The van der Waals surface area contributed by atoms with Crippen LogP contribution < -0.4 is 20.3 Å². The number of benzene rings is 2. The zero-order chi connectivity index (χ0) is 23.4. The fourth-order valence-corrected chi connectivity index (χ4v) is 4.14. The van der Waals surface area contributed by atoms with Gasteiger partial charge in [-0.15, -0.1) is 0 Å².